The zero-order chi connectivity index (χ0) is 15.6. The summed E-state index contributed by atoms with van der Waals surface area (Å²) in [5, 5.41) is 13.0. The summed E-state index contributed by atoms with van der Waals surface area (Å²) in [4.78, 5) is 26.6. The van der Waals surface area contributed by atoms with Gasteiger partial charge in [0, 0.05) is 0 Å². The van der Waals surface area contributed by atoms with Crippen molar-refractivity contribution in [2.45, 2.75) is 6.18 Å². The molecule has 0 saturated heterocycles. The molecule has 1 aromatic heterocycles. The molecule has 10 heteroatoms. The van der Waals surface area contributed by atoms with E-state index in [-0.39, 0.29) is 0 Å². The summed E-state index contributed by atoms with van der Waals surface area (Å²) in [6.07, 6.45) is -3.80. The Morgan fingerprint density at radius 2 is 1.95 bits per heavy atom. The van der Waals surface area contributed by atoms with Gasteiger partial charge in [0.15, 0.2) is 0 Å². The molecule has 2 N–H and O–H groups in total. The van der Waals surface area contributed by atoms with Crippen LogP contribution in [-0.4, -0.2) is 14.9 Å². The van der Waals surface area contributed by atoms with Crippen molar-refractivity contribution >= 4 is 17.2 Å². The number of benzene rings is 1. The third-order valence-corrected chi connectivity index (χ3v) is 2.50. The minimum absolute atomic E-state index is 0.439. The van der Waals surface area contributed by atoms with Crippen LogP contribution in [0.15, 0.2) is 35.4 Å². The highest BCUT2D eigenvalue weighted by Gasteiger charge is 2.34. The number of anilines is 2. The summed E-state index contributed by atoms with van der Waals surface area (Å²) in [5.74, 6) is -0.569. The lowest BCUT2D eigenvalue weighted by Crippen LogP contribution is -2.16. The van der Waals surface area contributed by atoms with Gasteiger partial charge in [-0.05, 0) is 12.1 Å². The number of para-hydroxylation sites is 1. The fraction of sp³-hybridized carbons (Fsp3) is 0.0909. The van der Waals surface area contributed by atoms with Crippen LogP contribution in [0, 0.1) is 10.1 Å². The topological polar surface area (TPSA) is 101 Å². The van der Waals surface area contributed by atoms with E-state index in [4.69, 9.17) is 0 Å². The second-order valence-electron chi connectivity index (χ2n) is 3.85. The lowest BCUT2D eigenvalue weighted by atomic mass is 10.1. The number of aromatic amines is 1. The van der Waals surface area contributed by atoms with Gasteiger partial charge in [-0.15, -0.1) is 0 Å². The molecule has 1 aromatic carbocycles. The number of hydrogen-bond donors (Lipinski definition) is 2. The molecule has 0 fully saturated rings. The molecule has 0 bridgehead atoms. The van der Waals surface area contributed by atoms with E-state index in [2.05, 4.69) is 10.3 Å². The summed E-state index contributed by atoms with van der Waals surface area (Å²) in [6, 6.07) is 4.38. The molecule has 0 saturated carbocycles. The predicted molar refractivity (Wildman–Crippen MR) is 66.2 cm³/mol. The summed E-state index contributed by atoms with van der Waals surface area (Å²) in [6.45, 7) is 0. The van der Waals surface area contributed by atoms with E-state index in [9.17, 15) is 28.1 Å². The van der Waals surface area contributed by atoms with Crippen LogP contribution in [-0.2, 0) is 6.18 Å². The summed E-state index contributed by atoms with van der Waals surface area (Å²) in [7, 11) is 0. The number of rotatable bonds is 3. The van der Waals surface area contributed by atoms with Crippen molar-refractivity contribution in [3.05, 3.63) is 56.6 Å². The van der Waals surface area contributed by atoms with Gasteiger partial charge in [-0.25, -0.2) is 4.98 Å². The van der Waals surface area contributed by atoms with Crippen LogP contribution in [0.5, 0.6) is 0 Å². The lowest BCUT2D eigenvalue weighted by Gasteiger charge is -2.13. The van der Waals surface area contributed by atoms with Crippen molar-refractivity contribution in [3.8, 4) is 0 Å². The Bertz CT molecular complexity index is 742. The van der Waals surface area contributed by atoms with E-state index in [1.807, 2.05) is 4.98 Å². The lowest BCUT2D eigenvalue weighted by molar-refractivity contribution is -0.385. The molecule has 0 atom stereocenters. The quantitative estimate of drug-likeness (QED) is 0.669. The first-order valence-electron chi connectivity index (χ1n) is 5.46. The van der Waals surface area contributed by atoms with Crippen LogP contribution in [0.25, 0.3) is 0 Å². The van der Waals surface area contributed by atoms with E-state index in [1.54, 1.807) is 0 Å². The van der Waals surface area contributed by atoms with Crippen LogP contribution in [0.4, 0.5) is 30.4 Å². The highest BCUT2D eigenvalue weighted by molar-refractivity contribution is 5.67. The maximum Gasteiger partial charge on any atom is 0.418 e. The zero-order valence-corrected chi connectivity index (χ0v) is 10.1. The number of hydrogen-bond acceptors (Lipinski definition) is 5. The van der Waals surface area contributed by atoms with Crippen LogP contribution < -0.4 is 10.9 Å². The van der Waals surface area contributed by atoms with E-state index >= 15 is 0 Å². The van der Waals surface area contributed by atoms with Gasteiger partial charge in [0.05, 0.1) is 22.5 Å². The molecule has 7 nitrogen and oxygen atoms in total. The standard InChI is InChI=1S/C11H7F3N4O3/c12-11(13,14)6-3-1-2-4-7(6)17-9-8(18(20)21)10(19)16-5-15-9/h1-5H,(H2,15,16,17,19). The highest BCUT2D eigenvalue weighted by atomic mass is 19.4. The van der Waals surface area contributed by atoms with Gasteiger partial charge in [0.25, 0.3) is 0 Å². The summed E-state index contributed by atoms with van der Waals surface area (Å²) < 4.78 is 38.5. The monoisotopic (exact) mass is 300 g/mol. The van der Waals surface area contributed by atoms with E-state index < -0.39 is 39.4 Å². The molecule has 0 aliphatic heterocycles. The van der Waals surface area contributed by atoms with Crippen molar-refractivity contribution in [3.63, 3.8) is 0 Å². The van der Waals surface area contributed by atoms with Crippen LogP contribution >= 0.6 is 0 Å². The molecular weight excluding hydrogens is 293 g/mol. The van der Waals surface area contributed by atoms with Gasteiger partial charge in [-0.2, -0.15) is 13.2 Å². The average Bonchev–Trinajstić information content (AvgIpc) is 2.37. The van der Waals surface area contributed by atoms with Gasteiger partial charge in [0.2, 0.25) is 5.82 Å². The molecule has 0 unspecified atom stereocenters. The molecular formula is C11H7F3N4O3. The second-order valence-corrected chi connectivity index (χ2v) is 3.85. The Labute approximate surface area is 114 Å². The zero-order valence-electron chi connectivity index (χ0n) is 10.1. The van der Waals surface area contributed by atoms with Crippen LogP contribution in [0.2, 0.25) is 0 Å². The van der Waals surface area contributed by atoms with Gasteiger partial charge in [0.1, 0.15) is 0 Å². The molecule has 1 heterocycles. The van der Waals surface area contributed by atoms with Crippen molar-refractivity contribution in [2.24, 2.45) is 0 Å². The second kappa shape index (κ2) is 5.23. The Hall–Kier alpha value is -2.91. The number of nitro groups is 1. The highest BCUT2D eigenvalue weighted by Crippen LogP contribution is 2.36. The molecule has 0 spiro atoms. The number of nitrogens with one attached hydrogen (secondary N) is 2. The molecule has 0 aliphatic carbocycles. The summed E-state index contributed by atoms with van der Waals surface area (Å²) in [5.41, 5.74) is -3.50. The van der Waals surface area contributed by atoms with Crippen LogP contribution in [0.1, 0.15) is 5.56 Å². The first-order chi connectivity index (χ1) is 9.80. The smallest absolute Gasteiger partial charge is 0.334 e. The van der Waals surface area contributed by atoms with Crippen molar-refractivity contribution < 1.29 is 18.1 Å². The molecule has 2 rings (SSSR count). The fourth-order valence-corrected chi connectivity index (χ4v) is 1.62. The minimum atomic E-state index is -4.65. The molecule has 110 valence electrons. The molecule has 0 radical (unpaired) electrons. The SMILES string of the molecule is O=c1[nH]cnc(Nc2ccccc2C(F)(F)F)c1[N+](=O)[O-]. The third-order valence-electron chi connectivity index (χ3n) is 2.50. The van der Waals surface area contributed by atoms with E-state index in [1.165, 1.54) is 12.1 Å². The maximum absolute atomic E-state index is 12.8. The van der Waals surface area contributed by atoms with E-state index in [0.29, 0.717) is 0 Å². The third kappa shape index (κ3) is 2.99. The van der Waals surface area contributed by atoms with Gasteiger partial charge < -0.3 is 10.3 Å². The summed E-state index contributed by atoms with van der Waals surface area (Å²) >= 11 is 0. The largest absolute Gasteiger partial charge is 0.418 e. The van der Waals surface area contributed by atoms with E-state index in [0.717, 1.165) is 18.5 Å². The molecule has 0 aliphatic rings. The Balaban J connectivity index is 2.52. The first kappa shape index (κ1) is 14.5. The number of nitrogens with zero attached hydrogens (tertiary/aromatic N) is 2. The number of alkyl halides is 3. The minimum Gasteiger partial charge on any atom is -0.334 e. The van der Waals surface area contributed by atoms with Crippen molar-refractivity contribution in [2.75, 3.05) is 5.32 Å². The van der Waals surface area contributed by atoms with Gasteiger partial charge in [-0.1, -0.05) is 12.1 Å². The fourth-order valence-electron chi connectivity index (χ4n) is 1.62. The molecule has 2 aromatic rings. The predicted octanol–water partition coefficient (Wildman–Crippen LogP) is 2.44. The number of halogens is 3. The number of H-pyrrole nitrogens is 1. The van der Waals surface area contributed by atoms with Gasteiger partial charge in [-0.3, -0.25) is 14.9 Å². The van der Waals surface area contributed by atoms with Crippen LogP contribution in [0.3, 0.4) is 0 Å². The number of aromatic nitrogens is 2. The molecule has 21 heavy (non-hydrogen) atoms. The normalized spacial score (nSPS) is 11.2. The Morgan fingerprint density at radius 1 is 1.29 bits per heavy atom. The Kier molecular flexibility index (Phi) is 3.61. The van der Waals surface area contributed by atoms with Gasteiger partial charge >= 0.3 is 17.4 Å². The maximum atomic E-state index is 12.8. The molecule has 0 amide bonds. The Morgan fingerprint density at radius 3 is 2.57 bits per heavy atom. The first-order valence-corrected chi connectivity index (χ1v) is 5.46. The van der Waals surface area contributed by atoms with Crippen molar-refractivity contribution in [1.29, 1.82) is 0 Å². The average molecular weight is 300 g/mol. The van der Waals surface area contributed by atoms with Crippen molar-refractivity contribution in [1.82, 2.24) is 9.97 Å².